The Bertz CT molecular complexity index is 553. The molecule has 0 aromatic heterocycles. The van der Waals surface area contributed by atoms with Gasteiger partial charge in [-0.05, 0) is 37.7 Å². The van der Waals surface area contributed by atoms with E-state index in [0.717, 1.165) is 18.4 Å². The van der Waals surface area contributed by atoms with E-state index >= 15 is 0 Å². The Kier molecular flexibility index (Phi) is 3.47. The molecule has 2 atom stereocenters. The highest BCUT2D eigenvalue weighted by atomic mass is 16.2. The zero-order chi connectivity index (χ0) is 15.0. The molecule has 2 unspecified atom stereocenters. The Morgan fingerprint density at radius 1 is 1.24 bits per heavy atom. The molecule has 1 saturated heterocycles. The van der Waals surface area contributed by atoms with Crippen molar-refractivity contribution in [2.75, 3.05) is 0 Å². The highest BCUT2D eigenvalue weighted by Crippen LogP contribution is 2.45. The second kappa shape index (κ2) is 5.17. The van der Waals surface area contributed by atoms with Gasteiger partial charge in [-0.25, -0.2) is 0 Å². The van der Waals surface area contributed by atoms with Crippen LogP contribution in [0.4, 0.5) is 0 Å². The van der Waals surface area contributed by atoms with Gasteiger partial charge in [-0.15, -0.1) is 0 Å². The number of rotatable bonds is 4. The molecule has 2 aliphatic rings. The van der Waals surface area contributed by atoms with Gasteiger partial charge in [0.25, 0.3) is 0 Å². The smallest absolute Gasteiger partial charge is 0.246 e. The first-order chi connectivity index (χ1) is 10.1. The molecule has 0 spiro atoms. The summed E-state index contributed by atoms with van der Waals surface area (Å²) < 4.78 is 0. The number of carbonyl (C=O) groups is 2. The van der Waals surface area contributed by atoms with Crippen LogP contribution in [0.15, 0.2) is 30.3 Å². The highest BCUT2D eigenvalue weighted by molar-refractivity contribution is 6.00. The molecule has 1 aromatic carbocycles. The largest absolute Gasteiger partial charge is 0.342 e. The van der Waals surface area contributed by atoms with Crippen molar-refractivity contribution in [3.8, 4) is 0 Å². The van der Waals surface area contributed by atoms with Crippen molar-refractivity contribution in [2.24, 2.45) is 5.92 Å². The molecule has 21 heavy (non-hydrogen) atoms. The first kappa shape index (κ1) is 14.1. The minimum atomic E-state index is -0.696. The summed E-state index contributed by atoms with van der Waals surface area (Å²) >= 11 is 0. The van der Waals surface area contributed by atoms with E-state index in [2.05, 4.69) is 5.32 Å². The topological polar surface area (TPSA) is 49.4 Å². The van der Waals surface area contributed by atoms with Crippen molar-refractivity contribution in [3.63, 3.8) is 0 Å². The van der Waals surface area contributed by atoms with Crippen molar-refractivity contribution in [1.82, 2.24) is 10.2 Å². The van der Waals surface area contributed by atoms with Crippen LogP contribution in [0.1, 0.15) is 38.7 Å². The molecule has 1 aromatic rings. The second-order valence-corrected chi connectivity index (χ2v) is 6.27. The number of nitrogens with one attached hydrogen (secondary N) is 1. The summed E-state index contributed by atoms with van der Waals surface area (Å²) in [7, 11) is 0. The molecule has 2 fully saturated rings. The molecule has 1 saturated carbocycles. The van der Waals surface area contributed by atoms with E-state index < -0.39 is 5.54 Å². The SMILES string of the molecule is CCC1NC(=O)C(C)(C2CC2)N(Cc2ccccc2)C1=O. The van der Waals surface area contributed by atoms with Crippen LogP contribution in [0.5, 0.6) is 0 Å². The van der Waals surface area contributed by atoms with Gasteiger partial charge in [0, 0.05) is 6.54 Å². The zero-order valence-electron chi connectivity index (χ0n) is 12.6. The zero-order valence-corrected chi connectivity index (χ0v) is 12.6. The van der Waals surface area contributed by atoms with Gasteiger partial charge >= 0.3 is 0 Å². The third-order valence-corrected chi connectivity index (χ3v) is 4.85. The normalized spacial score (nSPS) is 29.4. The predicted molar refractivity (Wildman–Crippen MR) is 80.3 cm³/mol. The lowest BCUT2D eigenvalue weighted by atomic mass is 9.87. The van der Waals surface area contributed by atoms with Gasteiger partial charge in [0.15, 0.2) is 0 Å². The monoisotopic (exact) mass is 286 g/mol. The third kappa shape index (κ3) is 2.33. The van der Waals surface area contributed by atoms with E-state index in [4.69, 9.17) is 0 Å². The summed E-state index contributed by atoms with van der Waals surface area (Å²) in [5.41, 5.74) is 0.376. The molecule has 0 radical (unpaired) electrons. The van der Waals surface area contributed by atoms with Crippen LogP contribution in [-0.2, 0) is 16.1 Å². The van der Waals surface area contributed by atoms with Crippen LogP contribution < -0.4 is 5.32 Å². The van der Waals surface area contributed by atoms with E-state index in [0.29, 0.717) is 18.9 Å². The molecule has 4 nitrogen and oxygen atoms in total. The predicted octanol–water partition coefficient (Wildman–Crippen LogP) is 2.09. The van der Waals surface area contributed by atoms with Crippen molar-refractivity contribution in [1.29, 1.82) is 0 Å². The van der Waals surface area contributed by atoms with Gasteiger partial charge in [-0.3, -0.25) is 9.59 Å². The third-order valence-electron chi connectivity index (χ3n) is 4.85. The average Bonchev–Trinajstić information content (AvgIpc) is 3.33. The van der Waals surface area contributed by atoms with E-state index in [-0.39, 0.29) is 17.9 Å². The maximum Gasteiger partial charge on any atom is 0.246 e. The fraction of sp³-hybridized carbons (Fsp3) is 0.529. The fourth-order valence-electron chi connectivity index (χ4n) is 3.24. The quantitative estimate of drug-likeness (QED) is 0.921. The summed E-state index contributed by atoms with van der Waals surface area (Å²) in [5.74, 6) is 0.353. The minimum Gasteiger partial charge on any atom is -0.342 e. The maximum absolute atomic E-state index is 12.8. The lowest BCUT2D eigenvalue weighted by Gasteiger charge is -2.46. The molecule has 1 heterocycles. The van der Waals surface area contributed by atoms with Gasteiger partial charge in [-0.2, -0.15) is 0 Å². The number of hydrogen-bond donors (Lipinski definition) is 1. The fourth-order valence-corrected chi connectivity index (χ4v) is 3.24. The van der Waals surface area contributed by atoms with Gasteiger partial charge in [-0.1, -0.05) is 37.3 Å². The van der Waals surface area contributed by atoms with Gasteiger partial charge < -0.3 is 10.2 Å². The maximum atomic E-state index is 12.8. The van der Waals surface area contributed by atoms with Gasteiger partial charge in [0.2, 0.25) is 11.8 Å². The molecule has 1 N–H and O–H groups in total. The number of nitrogens with zero attached hydrogens (tertiary/aromatic N) is 1. The summed E-state index contributed by atoms with van der Waals surface area (Å²) in [4.78, 5) is 27.2. The van der Waals surface area contributed by atoms with Crippen molar-refractivity contribution < 1.29 is 9.59 Å². The molecular weight excluding hydrogens is 264 g/mol. The van der Waals surface area contributed by atoms with Gasteiger partial charge in [0.05, 0.1) is 0 Å². The lowest BCUT2D eigenvalue weighted by Crippen LogP contribution is -2.69. The molecule has 2 amide bonds. The van der Waals surface area contributed by atoms with E-state index in [1.807, 2.05) is 49.1 Å². The molecule has 4 heteroatoms. The van der Waals surface area contributed by atoms with Crippen LogP contribution in [0.25, 0.3) is 0 Å². The molecule has 112 valence electrons. The first-order valence-electron chi connectivity index (χ1n) is 7.73. The summed E-state index contributed by atoms with van der Waals surface area (Å²) in [6.45, 7) is 4.37. The Morgan fingerprint density at radius 3 is 2.48 bits per heavy atom. The van der Waals surface area contributed by atoms with Crippen LogP contribution in [0.3, 0.4) is 0 Å². The standard InChI is InChI=1S/C17H22N2O2/c1-3-14-15(20)19(11-12-7-5-4-6-8-12)17(2,13-9-10-13)16(21)18-14/h4-8,13-14H,3,9-11H2,1-2H3,(H,18,21). The average molecular weight is 286 g/mol. The Labute approximate surface area is 125 Å². The summed E-state index contributed by atoms with van der Waals surface area (Å²) in [6.07, 6.45) is 2.69. The van der Waals surface area contributed by atoms with E-state index in [9.17, 15) is 9.59 Å². The highest BCUT2D eigenvalue weighted by Gasteiger charge is 2.56. The van der Waals surface area contributed by atoms with Gasteiger partial charge in [0.1, 0.15) is 11.6 Å². The second-order valence-electron chi connectivity index (χ2n) is 6.27. The summed E-state index contributed by atoms with van der Waals surface area (Å²) in [6, 6.07) is 9.53. The van der Waals surface area contributed by atoms with Crippen LogP contribution >= 0.6 is 0 Å². The Hall–Kier alpha value is -1.84. The Balaban J connectivity index is 1.94. The summed E-state index contributed by atoms with van der Waals surface area (Å²) in [5, 5.41) is 2.91. The lowest BCUT2D eigenvalue weighted by molar-refractivity contribution is -0.159. The number of piperazine rings is 1. The Morgan fingerprint density at radius 2 is 1.90 bits per heavy atom. The molecule has 1 aliphatic carbocycles. The van der Waals surface area contributed by atoms with Crippen molar-refractivity contribution in [2.45, 2.75) is 51.2 Å². The van der Waals surface area contributed by atoms with E-state index in [1.165, 1.54) is 0 Å². The number of carbonyl (C=O) groups excluding carboxylic acids is 2. The first-order valence-corrected chi connectivity index (χ1v) is 7.73. The van der Waals surface area contributed by atoms with Crippen molar-refractivity contribution >= 4 is 11.8 Å². The number of amides is 2. The van der Waals surface area contributed by atoms with Crippen LogP contribution in [0, 0.1) is 5.92 Å². The van der Waals surface area contributed by atoms with Crippen LogP contribution in [0.2, 0.25) is 0 Å². The minimum absolute atomic E-state index is 0.00683. The molecule has 1 aliphatic heterocycles. The van der Waals surface area contributed by atoms with E-state index in [1.54, 1.807) is 0 Å². The number of hydrogen-bond acceptors (Lipinski definition) is 2. The number of benzene rings is 1. The molecular formula is C17H22N2O2. The molecule has 0 bridgehead atoms. The van der Waals surface area contributed by atoms with Crippen LogP contribution in [-0.4, -0.2) is 28.3 Å². The molecule has 3 rings (SSSR count). The van der Waals surface area contributed by atoms with Crippen molar-refractivity contribution in [3.05, 3.63) is 35.9 Å².